The zero-order valence-corrected chi connectivity index (χ0v) is 72.1. The van der Waals surface area contributed by atoms with Crippen LogP contribution in [0.15, 0.2) is 485 Å². The summed E-state index contributed by atoms with van der Waals surface area (Å²) in [6.45, 7) is 2.22. The van der Waals surface area contributed by atoms with Gasteiger partial charge in [-0.15, -0.1) is 0 Å². The van der Waals surface area contributed by atoms with Crippen LogP contribution in [-0.2, 0) is 0 Å². The Balaban J connectivity index is 0.859. The molecule has 0 saturated heterocycles. The van der Waals surface area contributed by atoms with Crippen LogP contribution in [0, 0.1) is 6.92 Å². The van der Waals surface area contributed by atoms with Gasteiger partial charge in [-0.1, -0.05) is 406 Å². The maximum atomic E-state index is 3.85. The molecule has 25 rings (SSSR count). The molecule has 0 fully saturated rings. The van der Waals surface area contributed by atoms with E-state index in [0.29, 0.717) is 0 Å². The molecule has 0 atom stereocenters. The van der Waals surface area contributed by atoms with E-state index in [1.807, 2.05) is 0 Å². The summed E-state index contributed by atoms with van der Waals surface area (Å²) in [7, 11) is 0. The molecule has 610 valence electrons. The maximum absolute atomic E-state index is 3.85. The lowest BCUT2D eigenvalue weighted by molar-refractivity contribution is 1.18. The molecule has 0 amide bonds. The second-order valence-electron chi connectivity index (χ2n) is 34.8. The summed E-state index contributed by atoms with van der Waals surface area (Å²) in [5.41, 5.74) is 36.4. The number of aromatic nitrogens is 1. The lowest BCUT2D eigenvalue weighted by Gasteiger charge is -2.30. The van der Waals surface area contributed by atoms with Crippen LogP contribution in [0.1, 0.15) is 5.56 Å². The fourth-order valence-corrected chi connectivity index (χ4v) is 21.7. The van der Waals surface area contributed by atoms with Crippen molar-refractivity contribution in [1.29, 1.82) is 0 Å². The first kappa shape index (κ1) is 76.4. The van der Waals surface area contributed by atoms with Crippen molar-refractivity contribution in [3.8, 4) is 150 Å². The predicted molar refractivity (Wildman–Crippen MR) is 560 cm³/mol. The van der Waals surface area contributed by atoms with Gasteiger partial charge in [0, 0.05) is 33.4 Å². The number of aryl methyl sites for hydroxylation is 1. The summed E-state index contributed by atoms with van der Waals surface area (Å²) in [5, 5.41) is 23.0. The van der Waals surface area contributed by atoms with Crippen molar-refractivity contribution in [2.24, 2.45) is 0 Å². The van der Waals surface area contributed by atoms with Crippen LogP contribution in [-0.4, -0.2) is 4.57 Å². The fourth-order valence-electron chi connectivity index (χ4n) is 21.7. The Hall–Kier alpha value is -17.0. The summed E-state index contributed by atoms with van der Waals surface area (Å²) < 4.78 is 2.41. The molecule has 1 heterocycles. The van der Waals surface area contributed by atoms with Crippen LogP contribution < -0.4 is 5.32 Å². The molecular formula is C129H84N2. The highest BCUT2D eigenvalue weighted by Crippen LogP contribution is 2.61. The minimum Gasteiger partial charge on any atom is -0.355 e. The zero-order chi connectivity index (χ0) is 86.6. The minimum absolute atomic E-state index is 1.03. The van der Waals surface area contributed by atoms with Gasteiger partial charge in [-0.2, -0.15) is 0 Å². The molecule has 1 aromatic heterocycles. The Morgan fingerprint density at radius 2 is 0.473 bits per heavy atom. The average molecular weight is 1660 g/mol. The molecule has 2 heteroatoms. The Labute approximate surface area is 761 Å². The SMILES string of the molecule is Cc1ccccc1-c1cc(-c2cccc(-c3c(-c4cccc(-c5ccc6c(c5)c5ccccc5n6-c5ccccc5)c4)c(-c4ccccc4)c4c5cccc6c7c(-c8cccc(-c9cccc%10ccccc9%10)c8)c(-c8ccccc8)c(-c8ccccc8)c(-c8cccc(-c9cccc%10ccccc9%10)c8)c7c7cccc(c4c3-c3ccccc3)c7c56)c2)ccc1Nc1ccccc1. The lowest BCUT2D eigenvalue weighted by Crippen LogP contribution is -2.02. The van der Waals surface area contributed by atoms with Crippen LogP contribution in [0.4, 0.5) is 11.4 Å². The minimum atomic E-state index is 1.03. The molecule has 24 aromatic carbocycles. The third-order valence-corrected chi connectivity index (χ3v) is 27.4. The smallest absolute Gasteiger partial charge is 0.0541 e. The van der Waals surface area contributed by atoms with Gasteiger partial charge >= 0.3 is 0 Å². The number of fused-ring (bicyclic) bond motifs is 11. The molecule has 0 saturated carbocycles. The van der Waals surface area contributed by atoms with Gasteiger partial charge < -0.3 is 9.88 Å². The van der Waals surface area contributed by atoms with Gasteiger partial charge in [0.25, 0.3) is 0 Å². The van der Waals surface area contributed by atoms with Crippen molar-refractivity contribution in [1.82, 2.24) is 4.57 Å². The summed E-state index contributed by atoms with van der Waals surface area (Å²) in [6.07, 6.45) is 0. The van der Waals surface area contributed by atoms with E-state index in [0.717, 1.165) is 128 Å². The van der Waals surface area contributed by atoms with Gasteiger partial charge in [-0.05, 0) is 306 Å². The Morgan fingerprint density at radius 3 is 0.962 bits per heavy atom. The van der Waals surface area contributed by atoms with E-state index < -0.39 is 0 Å². The topological polar surface area (TPSA) is 17.0 Å². The zero-order valence-electron chi connectivity index (χ0n) is 72.1. The molecule has 0 bridgehead atoms. The van der Waals surface area contributed by atoms with Gasteiger partial charge in [-0.3, -0.25) is 0 Å². The van der Waals surface area contributed by atoms with Crippen molar-refractivity contribution in [3.63, 3.8) is 0 Å². The quantitative estimate of drug-likeness (QED) is 0.0754. The normalized spacial score (nSPS) is 11.7. The molecule has 0 radical (unpaired) electrons. The van der Waals surface area contributed by atoms with Crippen molar-refractivity contribution in [3.05, 3.63) is 491 Å². The summed E-state index contributed by atoms with van der Waals surface area (Å²) in [4.78, 5) is 0. The second-order valence-corrected chi connectivity index (χ2v) is 34.8. The van der Waals surface area contributed by atoms with Gasteiger partial charge in [0.2, 0.25) is 0 Å². The van der Waals surface area contributed by atoms with E-state index in [9.17, 15) is 0 Å². The lowest BCUT2D eigenvalue weighted by atomic mass is 9.73. The van der Waals surface area contributed by atoms with Crippen LogP contribution in [0.3, 0.4) is 0 Å². The van der Waals surface area contributed by atoms with Crippen molar-refractivity contribution in [2.45, 2.75) is 6.92 Å². The first-order chi connectivity index (χ1) is 65.0. The number of nitrogens with one attached hydrogen (secondary N) is 1. The van der Waals surface area contributed by atoms with Crippen LogP contribution in [0.2, 0.25) is 0 Å². The van der Waals surface area contributed by atoms with E-state index in [-0.39, 0.29) is 0 Å². The summed E-state index contributed by atoms with van der Waals surface area (Å²) >= 11 is 0. The summed E-state index contributed by atoms with van der Waals surface area (Å²) in [6, 6.07) is 182. The number of anilines is 2. The van der Waals surface area contributed by atoms with Gasteiger partial charge in [0.1, 0.15) is 0 Å². The molecule has 0 aliphatic rings. The van der Waals surface area contributed by atoms with E-state index in [1.165, 1.54) is 136 Å². The maximum Gasteiger partial charge on any atom is 0.0541 e. The molecule has 0 unspecified atom stereocenters. The first-order valence-corrected chi connectivity index (χ1v) is 45.4. The predicted octanol–water partition coefficient (Wildman–Crippen LogP) is 36.0. The average Bonchev–Trinajstić information content (AvgIpc) is 1.22. The van der Waals surface area contributed by atoms with Gasteiger partial charge in [0.15, 0.2) is 0 Å². The molecule has 0 aliphatic heterocycles. The van der Waals surface area contributed by atoms with Crippen molar-refractivity contribution >= 4 is 109 Å². The van der Waals surface area contributed by atoms with Crippen molar-refractivity contribution in [2.75, 3.05) is 5.32 Å². The number of benzene rings is 24. The molecule has 131 heavy (non-hydrogen) atoms. The number of nitrogens with zero attached hydrogens (tertiary/aromatic N) is 1. The monoisotopic (exact) mass is 1660 g/mol. The highest BCUT2D eigenvalue weighted by atomic mass is 15.0. The molecule has 25 aromatic rings. The molecule has 0 aliphatic carbocycles. The van der Waals surface area contributed by atoms with Gasteiger partial charge in [0.05, 0.1) is 11.0 Å². The molecule has 1 N–H and O–H groups in total. The van der Waals surface area contributed by atoms with E-state index in [4.69, 9.17) is 0 Å². The van der Waals surface area contributed by atoms with E-state index in [1.54, 1.807) is 0 Å². The number of rotatable bonds is 16. The largest absolute Gasteiger partial charge is 0.355 e. The van der Waals surface area contributed by atoms with Gasteiger partial charge in [-0.25, -0.2) is 0 Å². The molecular weight excluding hydrogens is 1580 g/mol. The van der Waals surface area contributed by atoms with Crippen molar-refractivity contribution < 1.29 is 0 Å². The highest BCUT2D eigenvalue weighted by Gasteiger charge is 2.34. The summed E-state index contributed by atoms with van der Waals surface area (Å²) in [5.74, 6) is 0. The highest BCUT2D eigenvalue weighted by molar-refractivity contribution is 6.47. The number of para-hydroxylation sites is 3. The standard InChI is InChI=1S/C129H84N2/c1-82-36-20-23-61-101(82)111-80-91(72-74-113(111)130-99-57-16-6-17-58-99)89-49-28-53-95(76-89)120-118(87-43-12-4-13-44-87)126-107-67-34-69-109-124(107)125-108(127(126)119(88-45-14-5-15-46-88)121(120)96-54-29-50-90(77-96)92-73-75-115-112(81-92)106-64-26-27-71-114(106)131(115)100-59-18-7-19-60-100)68-35-70-110(125)129-123(98-56-31-52-94(79-98)105-66-33-48-84-38-22-25-63-103(84)105)117(86-41-10-3-11-42-86)116(85-39-8-2-9-40-85)122(128(109)129)97-55-30-51-93(78-97)104-65-32-47-83-37-21-24-62-102(83)104/h2-81,130H,1H3. The Bertz CT molecular complexity index is 8600. The van der Waals surface area contributed by atoms with Crippen LogP contribution in [0.5, 0.6) is 0 Å². The number of hydrogen-bond donors (Lipinski definition) is 1. The van der Waals surface area contributed by atoms with Crippen LogP contribution >= 0.6 is 0 Å². The third kappa shape index (κ3) is 12.9. The Morgan fingerprint density at radius 1 is 0.168 bits per heavy atom. The molecule has 0 spiro atoms. The number of hydrogen-bond acceptors (Lipinski definition) is 1. The van der Waals surface area contributed by atoms with E-state index in [2.05, 4.69) is 502 Å². The van der Waals surface area contributed by atoms with E-state index >= 15 is 0 Å². The second kappa shape index (κ2) is 31.8. The fraction of sp³-hybridized carbons (Fsp3) is 0.00775. The van der Waals surface area contributed by atoms with Crippen LogP contribution in [0.25, 0.3) is 248 Å². The first-order valence-electron chi connectivity index (χ1n) is 45.4. The Kier molecular flexibility index (Phi) is 18.6. The third-order valence-electron chi connectivity index (χ3n) is 27.4. The molecule has 2 nitrogen and oxygen atoms in total.